The van der Waals surface area contributed by atoms with Gasteiger partial charge < -0.3 is 0 Å². The molecule has 0 radical (unpaired) electrons. The van der Waals surface area contributed by atoms with Gasteiger partial charge in [0, 0.05) is 5.75 Å². The summed E-state index contributed by atoms with van der Waals surface area (Å²) >= 11 is 0. The van der Waals surface area contributed by atoms with Crippen LogP contribution in [-0.4, -0.2) is 14.9 Å². The molecule has 0 bridgehead atoms. The lowest BCUT2D eigenvalue weighted by Crippen LogP contribution is -2.08. The number of nitro groups is 1. The molecule has 0 heterocycles. The quantitative estimate of drug-likeness (QED) is 0.598. The van der Waals surface area contributed by atoms with E-state index in [1.807, 2.05) is 37.3 Å². The van der Waals surface area contributed by atoms with E-state index in [0.717, 1.165) is 11.8 Å². The predicted octanol–water partition coefficient (Wildman–Crippen LogP) is 2.68. The van der Waals surface area contributed by atoms with Gasteiger partial charge in [0.2, 0.25) is 6.20 Å². The van der Waals surface area contributed by atoms with E-state index < -0.39 is 15.7 Å². The van der Waals surface area contributed by atoms with Gasteiger partial charge in [-0.1, -0.05) is 37.3 Å². The number of allylic oxidation sites excluding steroid dienone is 1. The Morgan fingerprint density at radius 2 is 2.06 bits per heavy atom. The Kier molecular flexibility index (Phi) is 5.03. The lowest BCUT2D eigenvalue weighted by Gasteiger charge is -2.10. The number of benzene rings is 1. The van der Waals surface area contributed by atoms with Crippen molar-refractivity contribution in [2.45, 2.75) is 19.8 Å². The van der Waals surface area contributed by atoms with Crippen LogP contribution in [-0.2, 0) is 10.8 Å². The van der Waals surface area contributed by atoms with Gasteiger partial charge in [-0.05, 0) is 18.4 Å². The highest BCUT2D eigenvalue weighted by atomic mass is 32.2. The van der Waals surface area contributed by atoms with Gasteiger partial charge in [0.05, 0.1) is 20.6 Å². The second kappa shape index (κ2) is 6.30. The number of hydrogen-bond acceptors (Lipinski definition) is 3. The van der Waals surface area contributed by atoms with Crippen LogP contribution in [0.1, 0.15) is 25.3 Å². The van der Waals surface area contributed by atoms with Crippen LogP contribution in [0.2, 0.25) is 0 Å². The van der Waals surface area contributed by atoms with Gasteiger partial charge in [-0.3, -0.25) is 14.3 Å². The zero-order valence-corrected chi connectivity index (χ0v) is 10.6. The Balaban J connectivity index is 2.67. The zero-order chi connectivity index (χ0) is 12.8. The first-order valence-corrected chi connectivity index (χ1v) is 6.58. The Labute approximate surface area is 103 Å². The molecule has 0 aromatic heterocycles. The largest absolute Gasteiger partial charge is 0.259 e. The second-order valence-electron chi connectivity index (χ2n) is 3.85. The molecular weight excluding hydrogens is 238 g/mol. The van der Waals surface area contributed by atoms with Crippen molar-refractivity contribution in [2.24, 2.45) is 0 Å². The van der Waals surface area contributed by atoms with Crippen LogP contribution in [0.4, 0.5) is 0 Å². The molecule has 1 aromatic carbocycles. The van der Waals surface area contributed by atoms with Gasteiger partial charge in [0.15, 0.2) is 0 Å². The van der Waals surface area contributed by atoms with Gasteiger partial charge in [-0.2, -0.15) is 0 Å². The van der Waals surface area contributed by atoms with Crippen LogP contribution in [0.15, 0.2) is 41.4 Å². The van der Waals surface area contributed by atoms with Crippen molar-refractivity contribution in [3.63, 3.8) is 0 Å². The molecule has 0 saturated carbocycles. The van der Waals surface area contributed by atoms with E-state index in [2.05, 4.69) is 0 Å². The Morgan fingerprint density at radius 3 is 2.59 bits per heavy atom. The summed E-state index contributed by atoms with van der Waals surface area (Å²) in [6, 6.07) is 9.71. The molecule has 2 atom stereocenters. The summed E-state index contributed by atoms with van der Waals surface area (Å²) in [6.07, 6.45) is 0.813. The van der Waals surface area contributed by atoms with Crippen molar-refractivity contribution in [2.75, 3.05) is 5.75 Å². The molecular formula is C12H15NO3S. The van der Waals surface area contributed by atoms with Crippen molar-refractivity contribution < 1.29 is 9.13 Å². The average molecular weight is 253 g/mol. The van der Waals surface area contributed by atoms with E-state index in [1.165, 1.54) is 6.92 Å². The van der Waals surface area contributed by atoms with Crippen LogP contribution in [0.3, 0.4) is 0 Å². The first-order valence-electron chi connectivity index (χ1n) is 5.26. The normalized spacial score (nSPS) is 15.3. The summed E-state index contributed by atoms with van der Waals surface area (Å²) in [5.41, 5.74) is 1.09. The molecule has 1 unspecified atom stereocenters. The number of hydrogen-bond donors (Lipinski definition) is 0. The van der Waals surface area contributed by atoms with Crippen LogP contribution >= 0.6 is 0 Å². The molecule has 0 fully saturated rings. The third-order valence-corrected chi connectivity index (χ3v) is 4.04. The Bertz CT molecular complexity index is 442. The van der Waals surface area contributed by atoms with Gasteiger partial charge in [-0.25, -0.2) is 0 Å². The molecule has 0 aliphatic rings. The maximum absolute atomic E-state index is 11.8. The monoisotopic (exact) mass is 253 g/mol. The molecule has 1 aromatic rings. The van der Waals surface area contributed by atoms with Crippen molar-refractivity contribution in [3.05, 3.63) is 57.1 Å². The Morgan fingerprint density at radius 1 is 1.47 bits per heavy atom. The van der Waals surface area contributed by atoms with Crippen LogP contribution in [0.25, 0.3) is 0 Å². The van der Waals surface area contributed by atoms with Gasteiger partial charge in [0.25, 0.3) is 0 Å². The van der Waals surface area contributed by atoms with E-state index in [1.54, 1.807) is 0 Å². The van der Waals surface area contributed by atoms with Gasteiger partial charge in [0.1, 0.15) is 0 Å². The third kappa shape index (κ3) is 4.48. The molecule has 17 heavy (non-hydrogen) atoms. The summed E-state index contributed by atoms with van der Waals surface area (Å²) in [6.45, 7) is 3.49. The summed E-state index contributed by atoms with van der Waals surface area (Å²) < 4.78 is 11.8. The zero-order valence-electron chi connectivity index (χ0n) is 9.83. The van der Waals surface area contributed by atoms with E-state index in [-0.39, 0.29) is 5.92 Å². The molecule has 1 rings (SSSR count). The minimum absolute atomic E-state index is 0.118. The number of nitrogens with zero attached hydrogens (tertiary/aromatic N) is 1. The van der Waals surface area contributed by atoms with E-state index in [4.69, 9.17) is 0 Å². The molecule has 0 amide bonds. The Hall–Kier alpha value is -1.49. The fourth-order valence-electron chi connectivity index (χ4n) is 1.44. The van der Waals surface area contributed by atoms with Crippen molar-refractivity contribution in [1.82, 2.24) is 0 Å². The van der Waals surface area contributed by atoms with Crippen molar-refractivity contribution >= 4 is 10.8 Å². The van der Waals surface area contributed by atoms with Gasteiger partial charge in [-0.15, -0.1) is 0 Å². The van der Waals surface area contributed by atoms with Crippen LogP contribution < -0.4 is 0 Å². The van der Waals surface area contributed by atoms with E-state index in [9.17, 15) is 14.3 Å². The SMILES string of the molecule is C/C(=C\[N+](=O)[O-])S(=O)C[C@@H](C)c1ccccc1. The molecule has 4 nitrogen and oxygen atoms in total. The van der Waals surface area contributed by atoms with Crippen LogP contribution in [0.5, 0.6) is 0 Å². The van der Waals surface area contributed by atoms with E-state index in [0.29, 0.717) is 10.7 Å². The number of rotatable bonds is 5. The second-order valence-corrected chi connectivity index (χ2v) is 5.52. The lowest BCUT2D eigenvalue weighted by atomic mass is 10.0. The summed E-state index contributed by atoms with van der Waals surface area (Å²) in [7, 11) is -1.30. The molecule has 0 aliphatic carbocycles. The smallest absolute Gasteiger partial charge is 0.246 e. The summed E-state index contributed by atoms with van der Waals surface area (Å²) in [5, 5.41) is 10.3. The fourth-order valence-corrected chi connectivity index (χ4v) is 2.56. The molecule has 5 heteroatoms. The van der Waals surface area contributed by atoms with E-state index >= 15 is 0 Å². The highest BCUT2D eigenvalue weighted by Crippen LogP contribution is 2.17. The molecule has 0 saturated heterocycles. The fraction of sp³-hybridized carbons (Fsp3) is 0.333. The van der Waals surface area contributed by atoms with Crippen LogP contribution in [0, 0.1) is 10.1 Å². The standard InChI is InChI=1S/C12H15NO3S/c1-10(12-6-4-3-5-7-12)9-17(16)11(2)8-13(14)15/h3-8,10H,9H2,1-2H3/b11-8+/t10-,17?/m1/s1. The molecule has 0 spiro atoms. The average Bonchev–Trinajstić information content (AvgIpc) is 2.29. The third-order valence-electron chi connectivity index (χ3n) is 2.42. The maximum Gasteiger partial charge on any atom is 0.246 e. The summed E-state index contributed by atoms with van der Waals surface area (Å²) in [5.74, 6) is 0.521. The lowest BCUT2D eigenvalue weighted by molar-refractivity contribution is -0.402. The highest BCUT2D eigenvalue weighted by molar-refractivity contribution is 7.88. The van der Waals surface area contributed by atoms with Crippen molar-refractivity contribution in [3.8, 4) is 0 Å². The highest BCUT2D eigenvalue weighted by Gasteiger charge is 2.13. The van der Waals surface area contributed by atoms with Crippen molar-refractivity contribution in [1.29, 1.82) is 0 Å². The topological polar surface area (TPSA) is 60.2 Å². The molecule has 0 aliphatic heterocycles. The summed E-state index contributed by atoms with van der Waals surface area (Å²) in [4.78, 5) is 10.00. The van der Waals surface area contributed by atoms with Gasteiger partial charge >= 0.3 is 0 Å². The molecule has 92 valence electrons. The minimum Gasteiger partial charge on any atom is -0.259 e. The first-order chi connectivity index (χ1) is 8.00. The minimum atomic E-state index is -1.30. The predicted molar refractivity (Wildman–Crippen MR) is 68.6 cm³/mol. The molecule has 0 N–H and O–H groups in total. The first kappa shape index (κ1) is 13.6. The maximum atomic E-state index is 11.8.